The Bertz CT molecular complexity index is 561. The van der Waals surface area contributed by atoms with Crippen molar-refractivity contribution >= 4 is 23.7 Å². The molecule has 0 aromatic carbocycles. The molecular formula is C20H36N3O6+. The number of amidine groups is 1. The van der Waals surface area contributed by atoms with Crippen LogP contribution in [0, 0.1) is 0 Å². The Kier molecular flexibility index (Phi) is 11.9. The summed E-state index contributed by atoms with van der Waals surface area (Å²) in [4.78, 5) is 37.0. The largest absolute Gasteiger partial charge is 0.481 e. The molecule has 1 heterocycles. The molecule has 0 radical (unpaired) electrons. The second-order valence-corrected chi connectivity index (χ2v) is 7.51. The molecule has 0 aliphatic carbocycles. The Hall–Kier alpha value is -2.16. The lowest BCUT2D eigenvalue weighted by atomic mass is 10.1. The van der Waals surface area contributed by atoms with Crippen LogP contribution < -0.4 is 0 Å². The monoisotopic (exact) mass is 414 g/mol. The van der Waals surface area contributed by atoms with E-state index in [4.69, 9.17) is 10.2 Å². The fourth-order valence-corrected chi connectivity index (χ4v) is 3.58. The van der Waals surface area contributed by atoms with Crippen molar-refractivity contribution < 1.29 is 34.3 Å². The predicted molar refractivity (Wildman–Crippen MR) is 109 cm³/mol. The van der Waals surface area contributed by atoms with E-state index in [1.165, 1.54) is 19.3 Å². The van der Waals surface area contributed by atoms with Gasteiger partial charge in [0, 0.05) is 26.1 Å². The number of carboxylic acid groups (broad SMARTS) is 3. The summed E-state index contributed by atoms with van der Waals surface area (Å²) in [6.07, 6.45) is 6.48. The molecule has 0 saturated heterocycles. The number of hydrogen-bond donors (Lipinski definition) is 3. The topological polar surface area (TPSA) is 121 Å². The summed E-state index contributed by atoms with van der Waals surface area (Å²) in [6, 6.07) is 0. The molecule has 0 bridgehead atoms. The lowest BCUT2D eigenvalue weighted by Crippen LogP contribution is -2.39. The smallest absolute Gasteiger partial charge is 0.345 e. The van der Waals surface area contributed by atoms with E-state index in [2.05, 4.69) is 11.8 Å². The molecule has 0 saturated carbocycles. The van der Waals surface area contributed by atoms with Gasteiger partial charge in [-0.2, -0.15) is 0 Å². The van der Waals surface area contributed by atoms with E-state index in [1.807, 2.05) is 9.48 Å². The van der Waals surface area contributed by atoms with Gasteiger partial charge in [0.2, 0.25) is 5.84 Å². The Morgan fingerprint density at radius 2 is 1.55 bits per heavy atom. The Labute approximate surface area is 172 Å². The summed E-state index contributed by atoms with van der Waals surface area (Å²) in [7, 11) is 0. The van der Waals surface area contributed by atoms with Gasteiger partial charge in [0.25, 0.3) is 0 Å². The van der Waals surface area contributed by atoms with Crippen molar-refractivity contribution in [1.82, 2.24) is 9.80 Å². The van der Waals surface area contributed by atoms with Crippen LogP contribution in [0.3, 0.4) is 0 Å². The molecule has 9 nitrogen and oxygen atoms in total. The van der Waals surface area contributed by atoms with Crippen LogP contribution in [0.1, 0.15) is 58.3 Å². The van der Waals surface area contributed by atoms with E-state index in [0.717, 1.165) is 31.6 Å². The zero-order valence-electron chi connectivity index (χ0n) is 17.5. The molecule has 0 fully saturated rings. The van der Waals surface area contributed by atoms with Crippen LogP contribution in [0.4, 0.5) is 0 Å². The molecule has 29 heavy (non-hydrogen) atoms. The minimum atomic E-state index is -0.904. The van der Waals surface area contributed by atoms with Crippen LogP contribution in [0.15, 0.2) is 0 Å². The molecule has 1 rings (SSSR count). The second kappa shape index (κ2) is 13.9. The summed E-state index contributed by atoms with van der Waals surface area (Å²) >= 11 is 0. The number of aliphatic carboxylic acids is 3. The van der Waals surface area contributed by atoms with E-state index in [9.17, 15) is 19.5 Å². The zero-order valence-corrected chi connectivity index (χ0v) is 17.5. The van der Waals surface area contributed by atoms with E-state index >= 15 is 0 Å². The zero-order chi connectivity index (χ0) is 21.6. The maximum absolute atomic E-state index is 11.2. The van der Waals surface area contributed by atoms with Crippen molar-refractivity contribution in [1.29, 1.82) is 0 Å². The summed E-state index contributed by atoms with van der Waals surface area (Å²) in [6.45, 7) is 5.37. The summed E-state index contributed by atoms with van der Waals surface area (Å²) < 4.78 is 1.92. The van der Waals surface area contributed by atoms with Gasteiger partial charge in [0.1, 0.15) is 13.1 Å². The first-order valence-electron chi connectivity index (χ1n) is 10.6. The highest BCUT2D eigenvalue weighted by Gasteiger charge is 2.31. The van der Waals surface area contributed by atoms with E-state index < -0.39 is 17.9 Å². The normalized spacial score (nSPS) is 14.1. The Morgan fingerprint density at radius 1 is 0.931 bits per heavy atom. The first-order chi connectivity index (χ1) is 13.8. The van der Waals surface area contributed by atoms with Crippen molar-refractivity contribution in [2.75, 3.05) is 45.8 Å². The van der Waals surface area contributed by atoms with Gasteiger partial charge in [0.05, 0.1) is 19.4 Å². The quantitative estimate of drug-likeness (QED) is 0.241. The lowest BCUT2D eigenvalue weighted by molar-refractivity contribution is -0.509. The molecule has 0 unspecified atom stereocenters. The second-order valence-electron chi connectivity index (χ2n) is 7.51. The minimum Gasteiger partial charge on any atom is -0.481 e. The molecule has 0 spiro atoms. The Morgan fingerprint density at radius 3 is 2.10 bits per heavy atom. The molecule has 0 atom stereocenters. The average molecular weight is 415 g/mol. The third-order valence-corrected chi connectivity index (χ3v) is 5.17. The van der Waals surface area contributed by atoms with Crippen molar-refractivity contribution in [2.45, 2.75) is 58.3 Å². The highest BCUT2D eigenvalue weighted by atomic mass is 16.4. The van der Waals surface area contributed by atoms with Gasteiger partial charge in [0.15, 0.2) is 6.54 Å². The summed E-state index contributed by atoms with van der Waals surface area (Å²) in [5, 5.41) is 27.0. The van der Waals surface area contributed by atoms with Gasteiger partial charge < -0.3 is 15.3 Å². The standard InChI is InChI=1S/C20H35N3O6/c1-2-3-4-5-6-7-17-22(14-15-23(17)16-20(28)29)13-12-21(10-8-18(24)25)11-9-19(26)27/h2-16H2,1H3,(H2-,24,25,26,27,28,29)/p+1. The molecule has 1 aliphatic rings. The van der Waals surface area contributed by atoms with Crippen LogP contribution in [0.2, 0.25) is 0 Å². The predicted octanol–water partition coefficient (Wildman–Crippen LogP) is 1.41. The molecule has 0 aromatic heterocycles. The number of carbonyl (C=O) groups is 3. The van der Waals surface area contributed by atoms with Crippen molar-refractivity contribution in [2.24, 2.45) is 0 Å². The highest BCUT2D eigenvalue weighted by molar-refractivity contribution is 5.80. The van der Waals surface area contributed by atoms with Crippen molar-refractivity contribution in [3.8, 4) is 0 Å². The van der Waals surface area contributed by atoms with E-state index in [0.29, 0.717) is 32.7 Å². The highest BCUT2D eigenvalue weighted by Crippen LogP contribution is 2.12. The van der Waals surface area contributed by atoms with Gasteiger partial charge in [-0.25, -0.2) is 4.79 Å². The molecule has 1 aliphatic heterocycles. The van der Waals surface area contributed by atoms with Crippen LogP contribution in [-0.4, -0.2) is 99.3 Å². The SMILES string of the molecule is CCCCCCCC1=[N+](CC(=O)O)CCN1CCN(CCC(=O)O)CCC(=O)O. The van der Waals surface area contributed by atoms with Crippen molar-refractivity contribution in [3.05, 3.63) is 0 Å². The molecule has 166 valence electrons. The van der Waals surface area contributed by atoms with Gasteiger partial charge in [-0.15, -0.1) is 0 Å². The van der Waals surface area contributed by atoms with Crippen molar-refractivity contribution in [3.63, 3.8) is 0 Å². The first kappa shape index (κ1) is 24.9. The number of hydrogen-bond acceptors (Lipinski definition) is 5. The summed E-state index contributed by atoms with van der Waals surface area (Å²) in [5.41, 5.74) is 0. The molecule has 0 amide bonds. The first-order valence-corrected chi connectivity index (χ1v) is 10.6. The average Bonchev–Trinajstić information content (AvgIpc) is 3.01. The third kappa shape index (κ3) is 10.8. The maximum Gasteiger partial charge on any atom is 0.345 e. The molecule has 0 aromatic rings. The third-order valence-electron chi connectivity index (χ3n) is 5.17. The molecule has 3 N–H and O–H groups in total. The molecule has 9 heteroatoms. The van der Waals surface area contributed by atoms with E-state index in [1.54, 1.807) is 0 Å². The molecular weight excluding hydrogens is 378 g/mol. The number of nitrogens with zero attached hydrogens (tertiary/aromatic N) is 3. The van der Waals surface area contributed by atoms with E-state index in [-0.39, 0.29) is 19.4 Å². The van der Waals surface area contributed by atoms with Crippen LogP contribution in [-0.2, 0) is 14.4 Å². The van der Waals surface area contributed by atoms with Crippen LogP contribution in [0.25, 0.3) is 0 Å². The summed E-state index contributed by atoms with van der Waals surface area (Å²) in [5.74, 6) is -1.61. The van der Waals surface area contributed by atoms with Crippen LogP contribution >= 0.6 is 0 Å². The Balaban J connectivity index is 2.67. The fourth-order valence-electron chi connectivity index (χ4n) is 3.58. The van der Waals surface area contributed by atoms with Gasteiger partial charge in [-0.05, 0) is 6.42 Å². The van der Waals surface area contributed by atoms with Crippen LogP contribution in [0.5, 0.6) is 0 Å². The van der Waals surface area contributed by atoms with Gasteiger partial charge >= 0.3 is 17.9 Å². The number of unbranched alkanes of at least 4 members (excludes halogenated alkanes) is 4. The lowest BCUT2D eigenvalue weighted by Gasteiger charge is -2.22. The van der Waals surface area contributed by atoms with Gasteiger partial charge in [-0.3, -0.25) is 24.0 Å². The maximum atomic E-state index is 11.2. The van der Waals surface area contributed by atoms with Gasteiger partial charge in [-0.1, -0.05) is 32.6 Å². The number of rotatable bonds is 17. The fraction of sp³-hybridized carbons (Fsp3) is 0.800. The minimum absolute atomic E-state index is 0.0114. The number of carboxylic acids is 3.